The second-order valence-electron chi connectivity index (χ2n) is 6.38. The number of hydrogen-bond acceptors (Lipinski definition) is 8. The van der Waals surface area contributed by atoms with Gasteiger partial charge in [-0.2, -0.15) is 0 Å². The van der Waals surface area contributed by atoms with E-state index in [9.17, 15) is 13.2 Å². The summed E-state index contributed by atoms with van der Waals surface area (Å²) < 4.78 is 29.9. The van der Waals surface area contributed by atoms with Crippen molar-refractivity contribution in [2.75, 3.05) is 29.5 Å². The number of nitrogens with zero attached hydrogens (tertiary/aromatic N) is 4. The van der Waals surface area contributed by atoms with Gasteiger partial charge in [-0.1, -0.05) is 0 Å². The summed E-state index contributed by atoms with van der Waals surface area (Å²) in [5.74, 6) is 0.347. The quantitative estimate of drug-likeness (QED) is 0.773. The van der Waals surface area contributed by atoms with Gasteiger partial charge in [0.05, 0.1) is 23.6 Å². The molecule has 9 nitrogen and oxygen atoms in total. The predicted octanol–water partition coefficient (Wildman–Crippen LogP) is -0.310. The van der Waals surface area contributed by atoms with Crippen molar-refractivity contribution in [2.24, 2.45) is 0 Å². The van der Waals surface area contributed by atoms with Crippen LogP contribution in [0, 0.1) is 0 Å². The number of carbonyl (C=O) groups is 1. The number of anilines is 1. The van der Waals surface area contributed by atoms with Gasteiger partial charge >= 0.3 is 0 Å². The molecule has 26 heavy (non-hydrogen) atoms. The first-order valence-electron chi connectivity index (χ1n) is 8.23. The zero-order valence-corrected chi connectivity index (χ0v) is 14.7. The molecular formula is C16H18N4O5S. The number of piperazine rings is 1. The number of amides is 1. The van der Waals surface area contributed by atoms with Gasteiger partial charge in [0.15, 0.2) is 15.6 Å². The van der Waals surface area contributed by atoms with Crippen molar-refractivity contribution in [3.05, 3.63) is 42.1 Å². The number of carbonyl (C=O) groups excluding carboxylic acids is 1. The van der Waals surface area contributed by atoms with Gasteiger partial charge in [0.1, 0.15) is 12.4 Å². The fourth-order valence-corrected chi connectivity index (χ4v) is 5.59. The van der Waals surface area contributed by atoms with Crippen LogP contribution in [0.4, 0.5) is 5.95 Å². The van der Waals surface area contributed by atoms with E-state index in [1.54, 1.807) is 23.4 Å². The molecule has 0 spiro atoms. The van der Waals surface area contributed by atoms with Crippen LogP contribution >= 0.6 is 0 Å². The summed E-state index contributed by atoms with van der Waals surface area (Å²) in [6, 6.07) is 3.84. The first-order chi connectivity index (χ1) is 12.5. The van der Waals surface area contributed by atoms with E-state index in [4.69, 9.17) is 9.52 Å². The third-order valence-corrected chi connectivity index (χ3v) is 6.47. The van der Waals surface area contributed by atoms with E-state index in [1.807, 2.05) is 4.90 Å². The molecule has 2 aliphatic heterocycles. The van der Waals surface area contributed by atoms with Gasteiger partial charge in [0, 0.05) is 25.5 Å². The Bertz CT molecular complexity index is 914. The molecule has 2 saturated heterocycles. The second-order valence-corrected chi connectivity index (χ2v) is 8.53. The Hall–Kier alpha value is -2.46. The number of aliphatic hydroxyl groups is 1. The molecule has 2 fully saturated rings. The zero-order chi connectivity index (χ0) is 18.3. The van der Waals surface area contributed by atoms with Crippen molar-refractivity contribution in [3.8, 4) is 0 Å². The average Bonchev–Trinajstić information content (AvgIpc) is 3.24. The maximum absolute atomic E-state index is 12.8. The summed E-state index contributed by atoms with van der Waals surface area (Å²) in [7, 11) is -3.28. The molecule has 2 aromatic heterocycles. The number of sulfone groups is 1. The van der Waals surface area contributed by atoms with Gasteiger partial charge in [-0.25, -0.2) is 18.4 Å². The van der Waals surface area contributed by atoms with Gasteiger partial charge < -0.3 is 19.3 Å². The molecule has 2 aromatic rings. The molecule has 0 bridgehead atoms. The molecule has 1 amide bonds. The smallest absolute Gasteiger partial charge is 0.289 e. The van der Waals surface area contributed by atoms with Crippen molar-refractivity contribution in [2.45, 2.75) is 18.7 Å². The van der Waals surface area contributed by atoms with Crippen LogP contribution in [0.15, 0.2) is 35.0 Å². The van der Waals surface area contributed by atoms with E-state index >= 15 is 0 Å². The van der Waals surface area contributed by atoms with Crippen LogP contribution in [0.25, 0.3) is 0 Å². The standard InChI is InChI=1S/C16H18N4O5S/c21-8-11-2-3-14(25-11)15(22)19-6-7-20(16-17-4-1-5-18-16)13-10-26(23,24)9-12(13)19/h1-5,12-13,21H,6-10H2/t12-,13+/m0/s1. The Morgan fingerprint density at radius 3 is 2.62 bits per heavy atom. The van der Waals surface area contributed by atoms with Crippen LogP contribution in [0.1, 0.15) is 16.3 Å². The summed E-state index contributed by atoms with van der Waals surface area (Å²) >= 11 is 0. The lowest BCUT2D eigenvalue weighted by Crippen LogP contribution is -2.61. The molecule has 2 atom stereocenters. The van der Waals surface area contributed by atoms with E-state index in [0.29, 0.717) is 24.8 Å². The highest BCUT2D eigenvalue weighted by Crippen LogP contribution is 2.30. The molecule has 0 aliphatic carbocycles. The molecule has 0 unspecified atom stereocenters. The second kappa shape index (κ2) is 6.36. The van der Waals surface area contributed by atoms with Gasteiger partial charge in [0.2, 0.25) is 5.95 Å². The number of furan rings is 1. The molecular weight excluding hydrogens is 360 g/mol. The maximum atomic E-state index is 12.8. The number of aliphatic hydroxyl groups excluding tert-OH is 1. The Morgan fingerprint density at radius 1 is 1.19 bits per heavy atom. The zero-order valence-electron chi connectivity index (χ0n) is 13.9. The van der Waals surface area contributed by atoms with E-state index in [1.165, 1.54) is 12.1 Å². The molecule has 0 aromatic carbocycles. The number of fused-ring (bicyclic) bond motifs is 1. The van der Waals surface area contributed by atoms with Crippen LogP contribution in [-0.4, -0.2) is 71.0 Å². The third-order valence-electron chi connectivity index (χ3n) is 4.77. The third kappa shape index (κ3) is 2.95. The Kier molecular flexibility index (Phi) is 4.16. The summed E-state index contributed by atoms with van der Waals surface area (Å²) in [4.78, 5) is 24.7. The van der Waals surface area contributed by atoms with Crippen LogP contribution < -0.4 is 4.90 Å². The van der Waals surface area contributed by atoms with Gasteiger partial charge in [-0.3, -0.25) is 4.79 Å². The molecule has 0 radical (unpaired) electrons. The molecule has 4 rings (SSSR count). The monoisotopic (exact) mass is 378 g/mol. The Labute approximate surface area is 150 Å². The van der Waals surface area contributed by atoms with Crippen molar-refractivity contribution < 1.29 is 22.7 Å². The summed E-state index contributed by atoms with van der Waals surface area (Å²) in [6.45, 7) is 0.468. The number of hydrogen-bond donors (Lipinski definition) is 1. The highest BCUT2D eigenvalue weighted by atomic mass is 32.2. The minimum atomic E-state index is -3.28. The molecule has 10 heteroatoms. The van der Waals surface area contributed by atoms with Gasteiger partial charge in [0.25, 0.3) is 5.91 Å². The fourth-order valence-electron chi connectivity index (χ4n) is 3.61. The predicted molar refractivity (Wildman–Crippen MR) is 91.3 cm³/mol. The summed E-state index contributed by atoms with van der Waals surface area (Å²) in [6.07, 6.45) is 3.22. The number of rotatable bonds is 3. The molecule has 4 heterocycles. The first kappa shape index (κ1) is 17.0. The molecule has 0 saturated carbocycles. The fraction of sp³-hybridized carbons (Fsp3) is 0.438. The minimum Gasteiger partial charge on any atom is -0.453 e. The topological polar surface area (TPSA) is 117 Å². The SMILES string of the molecule is O=C(c1ccc(CO)o1)N1CCN(c2ncccn2)[C@@H]2CS(=O)(=O)C[C@@H]21. The molecule has 1 N–H and O–H groups in total. The van der Waals surface area contributed by atoms with Crippen LogP contribution in [-0.2, 0) is 16.4 Å². The van der Waals surface area contributed by atoms with Crippen LogP contribution in [0.2, 0.25) is 0 Å². The van der Waals surface area contributed by atoms with Crippen molar-refractivity contribution in [3.63, 3.8) is 0 Å². The largest absolute Gasteiger partial charge is 0.453 e. The highest BCUT2D eigenvalue weighted by Gasteiger charge is 2.49. The molecule has 138 valence electrons. The lowest BCUT2D eigenvalue weighted by atomic mass is 10.0. The minimum absolute atomic E-state index is 0.0419. The highest BCUT2D eigenvalue weighted by molar-refractivity contribution is 7.91. The van der Waals surface area contributed by atoms with E-state index in [0.717, 1.165) is 0 Å². The van der Waals surface area contributed by atoms with E-state index in [2.05, 4.69) is 9.97 Å². The Balaban J connectivity index is 1.64. The van der Waals surface area contributed by atoms with Gasteiger partial charge in [-0.05, 0) is 18.2 Å². The van der Waals surface area contributed by atoms with E-state index in [-0.39, 0.29) is 29.8 Å². The first-order valence-corrected chi connectivity index (χ1v) is 10.1. The summed E-state index contributed by atoms with van der Waals surface area (Å²) in [5, 5.41) is 9.10. The van der Waals surface area contributed by atoms with Crippen LogP contribution in [0.5, 0.6) is 0 Å². The normalized spacial score (nSPS) is 24.5. The Morgan fingerprint density at radius 2 is 1.92 bits per heavy atom. The van der Waals surface area contributed by atoms with Crippen molar-refractivity contribution >= 4 is 21.7 Å². The van der Waals surface area contributed by atoms with Gasteiger partial charge in [-0.15, -0.1) is 0 Å². The van der Waals surface area contributed by atoms with E-state index < -0.39 is 21.9 Å². The van der Waals surface area contributed by atoms with Crippen LogP contribution in [0.3, 0.4) is 0 Å². The molecule has 2 aliphatic rings. The lowest BCUT2D eigenvalue weighted by molar-refractivity contribution is 0.0611. The lowest BCUT2D eigenvalue weighted by Gasteiger charge is -2.43. The van der Waals surface area contributed by atoms with Crippen molar-refractivity contribution in [1.29, 1.82) is 0 Å². The average molecular weight is 378 g/mol. The van der Waals surface area contributed by atoms with Crippen molar-refractivity contribution in [1.82, 2.24) is 14.9 Å². The summed E-state index contributed by atoms with van der Waals surface area (Å²) in [5.41, 5.74) is 0. The maximum Gasteiger partial charge on any atom is 0.289 e. The number of aromatic nitrogens is 2.